The third kappa shape index (κ3) is 2.85. The van der Waals surface area contributed by atoms with Gasteiger partial charge in [-0.3, -0.25) is 4.79 Å². The number of rotatable bonds is 3. The van der Waals surface area contributed by atoms with E-state index in [1.54, 1.807) is 6.92 Å². The van der Waals surface area contributed by atoms with Gasteiger partial charge in [0, 0.05) is 30.5 Å². The summed E-state index contributed by atoms with van der Waals surface area (Å²) in [6.45, 7) is 1.95. The van der Waals surface area contributed by atoms with Crippen molar-refractivity contribution in [2.45, 2.75) is 19.0 Å². The molecule has 9 heteroatoms. The molecule has 1 aliphatic rings. The Hall–Kier alpha value is -3.33. The fourth-order valence-electron chi connectivity index (χ4n) is 3.56. The standard InChI is InChI=1S/C20H16F3N3O3/c1-9-15(24)8-25(9)18-14(22)6-12-17(16(18)23)26(7-13(19(12)27)20(28)29)11-4-2-10(21)3-5-11/h2-7,9,15H,8,24H2,1H3,(H,28,29)/t9-,15+/m0/s1. The molecule has 0 radical (unpaired) electrons. The first-order valence-electron chi connectivity index (χ1n) is 8.79. The average Bonchev–Trinajstić information content (AvgIpc) is 2.68. The molecule has 1 fully saturated rings. The van der Waals surface area contributed by atoms with E-state index >= 15 is 4.39 Å². The highest BCUT2D eigenvalue weighted by atomic mass is 19.1. The van der Waals surface area contributed by atoms with E-state index in [1.807, 2.05) is 0 Å². The van der Waals surface area contributed by atoms with Gasteiger partial charge in [-0.05, 0) is 37.3 Å². The number of anilines is 1. The Kier molecular flexibility index (Phi) is 4.34. The molecule has 0 spiro atoms. The number of carbonyl (C=O) groups is 1. The van der Waals surface area contributed by atoms with Crippen LogP contribution in [0.25, 0.3) is 16.6 Å². The summed E-state index contributed by atoms with van der Waals surface area (Å²) in [5.41, 5.74) is 3.74. The van der Waals surface area contributed by atoms with Crippen molar-refractivity contribution in [3.05, 3.63) is 69.8 Å². The third-order valence-corrected chi connectivity index (χ3v) is 5.30. The molecule has 1 aliphatic heterocycles. The summed E-state index contributed by atoms with van der Waals surface area (Å²) in [7, 11) is 0. The molecule has 150 valence electrons. The molecule has 3 N–H and O–H groups in total. The van der Waals surface area contributed by atoms with E-state index in [9.17, 15) is 23.5 Å². The fraction of sp³-hybridized carbons (Fsp3) is 0.200. The second-order valence-electron chi connectivity index (χ2n) is 7.00. The van der Waals surface area contributed by atoms with E-state index in [-0.39, 0.29) is 35.5 Å². The lowest BCUT2D eigenvalue weighted by Crippen LogP contribution is -2.63. The van der Waals surface area contributed by atoms with Crippen molar-refractivity contribution in [1.29, 1.82) is 0 Å². The van der Waals surface area contributed by atoms with Crippen molar-refractivity contribution in [2.75, 3.05) is 11.4 Å². The number of hydrogen-bond acceptors (Lipinski definition) is 4. The summed E-state index contributed by atoms with van der Waals surface area (Å²) in [6.07, 6.45) is 0.955. The van der Waals surface area contributed by atoms with Crippen LogP contribution in [-0.4, -0.2) is 34.3 Å². The lowest BCUT2D eigenvalue weighted by Gasteiger charge is -2.46. The van der Waals surface area contributed by atoms with Gasteiger partial charge in [-0.1, -0.05) is 0 Å². The van der Waals surface area contributed by atoms with Crippen LogP contribution in [0.15, 0.2) is 41.3 Å². The molecular formula is C20H16F3N3O3. The van der Waals surface area contributed by atoms with Crippen LogP contribution in [-0.2, 0) is 0 Å². The van der Waals surface area contributed by atoms with Crippen LogP contribution in [0.5, 0.6) is 0 Å². The minimum Gasteiger partial charge on any atom is -0.477 e. The maximum atomic E-state index is 15.5. The smallest absolute Gasteiger partial charge is 0.341 e. The highest BCUT2D eigenvalue weighted by Crippen LogP contribution is 2.35. The molecule has 4 rings (SSSR count). The molecule has 1 aromatic heterocycles. The topological polar surface area (TPSA) is 88.6 Å². The molecule has 0 bridgehead atoms. The average molecular weight is 403 g/mol. The second kappa shape index (κ2) is 6.63. The Morgan fingerprint density at radius 3 is 2.41 bits per heavy atom. The highest BCUT2D eigenvalue weighted by Gasteiger charge is 2.37. The minimum atomic E-state index is -1.54. The van der Waals surface area contributed by atoms with Crippen LogP contribution in [0.1, 0.15) is 17.3 Å². The van der Waals surface area contributed by atoms with Gasteiger partial charge in [0.2, 0.25) is 5.43 Å². The van der Waals surface area contributed by atoms with Gasteiger partial charge in [0.25, 0.3) is 0 Å². The highest BCUT2D eigenvalue weighted by molar-refractivity contribution is 5.94. The molecule has 2 aromatic carbocycles. The molecule has 0 saturated carbocycles. The zero-order valence-electron chi connectivity index (χ0n) is 15.2. The minimum absolute atomic E-state index is 0.212. The Balaban J connectivity index is 2.09. The summed E-state index contributed by atoms with van der Waals surface area (Å²) in [5, 5.41) is 8.92. The molecule has 6 nitrogen and oxygen atoms in total. The first kappa shape index (κ1) is 19.0. The van der Waals surface area contributed by atoms with Crippen LogP contribution in [0.4, 0.5) is 18.9 Å². The van der Waals surface area contributed by atoms with Crippen LogP contribution < -0.4 is 16.1 Å². The molecule has 1 saturated heterocycles. The number of nitrogens with zero attached hydrogens (tertiary/aromatic N) is 2. The quantitative estimate of drug-likeness (QED) is 0.702. The molecule has 0 unspecified atom stereocenters. The summed E-state index contributed by atoms with van der Waals surface area (Å²) < 4.78 is 44.8. The van der Waals surface area contributed by atoms with Crippen molar-refractivity contribution >= 4 is 22.6 Å². The Morgan fingerprint density at radius 2 is 1.86 bits per heavy atom. The number of nitrogens with two attached hydrogens (primary N) is 1. The predicted octanol–water partition coefficient (Wildman–Crippen LogP) is 2.64. The molecule has 2 atom stereocenters. The van der Waals surface area contributed by atoms with Gasteiger partial charge in [0.1, 0.15) is 22.9 Å². The van der Waals surface area contributed by atoms with Crippen LogP contribution in [0, 0.1) is 17.5 Å². The van der Waals surface area contributed by atoms with Gasteiger partial charge in [-0.15, -0.1) is 0 Å². The normalized spacial score (nSPS) is 18.7. The van der Waals surface area contributed by atoms with Crippen molar-refractivity contribution in [3.8, 4) is 5.69 Å². The number of hydrogen-bond donors (Lipinski definition) is 2. The van der Waals surface area contributed by atoms with Crippen molar-refractivity contribution in [3.63, 3.8) is 0 Å². The van der Waals surface area contributed by atoms with E-state index in [2.05, 4.69) is 0 Å². The maximum Gasteiger partial charge on any atom is 0.341 e. The van der Waals surface area contributed by atoms with Gasteiger partial charge in [0.05, 0.1) is 10.9 Å². The maximum absolute atomic E-state index is 15.5. The van der Waals surface area contributed by atoms with Crippen molar-refractivity contribution in [2.24, 2.45) is 5.73 Å². The predicted molar refractivity (Wildman–Crippen MR) is 101 cm³/mol. The molecule has 0 amide bonds. The van der Waals surface area contributed by atoms with Crippen LogP contribution in [0.2, 0.25) is 0 Å². The first-order chi connectivity index (χ1) is 13.7. The Labute approximate surface area is 162 Å². The summed E-state index contributed by atoms with van der Waals surface area (Å²) in [6, 6.07) is 5.08. The number of halogens is 3. The van der Waals surface area contributed by atoms with Gasteiger partial charge < -0.3 is 20.3 Å². The number of aromatic nitrogens is 1. The number of carboxylic acids is 1. The van der Waals surface area contributed by atoms with Gasteiger partial charge >= 0.3 is 5.97 Å². The number of benzene rings is 2. The number of fused-ring (bicyclic) bond motifs is 1. The van der Waals surface area contributed by atoms with Crippen LogP contribution >= 0.6 is 0 Å². The molecular weight excluding hydrogens is 387 g/mol. The van der Waals surface area contributed by atoms with Crippen molar-refractivity contribution < 1.29 is 23.1 Å². The summed E-state index contributed by atoms with van der Waals surface area (Å²) >= 11 is 0. The fourth-order valence-corrected chi connectivity index (χ4v) is 3.56. The number of pyridine rings is 1. The largest absolute Gasteiger partial charge is 0.477 e. The molecule has 29 heavy (non-hydrogen) atoms. The third-order valence-electron chi connectivity index (χ3n) is 5.30. The molecule has 2 heterocycles. The van der Waals surface area contributed by atoms with E-state index < -0.39 is 39.8 Å². The number of carboxylic acid groups (broad SMARTS) is 1. The molecule has 0 aliphatic carbocycles. The first-order valence-corrected chi connectivity index (χ1v) is 8.79. The number of aromatic carboxylic acids is 1. The van der Waals surface area contributed by atoms with E-state index in [1.165, 1.54) is 17.0 Å². The SMILES string of the molecule is C[C@H]1[C@H](N)CN1c1c(F)cc2c(=O)c(C(=O)O)cn(-c3ccc(F)cc3)c2c1F. The van der Waals surface area contributed by atoms with E-state index in [0.29, 0.717) is 0 Å². The zero-order valence-corrected chi connectivity index (χ0v) is 15.2. The van der Waals surface area contributed by atoms with Crippen molar-refractivity contribution in [1.82, 2.24) is 4.57 Å². The zero-order chi connectivity index (χ0) is 21.0. The van der Waals surface area contributed by atoms with Crippen LogP contribution in [0.3, 0.4) is 0 Å². The van der Waals surface area contributed by atoms with E-state index in [4.69, 9.17) is 5.73 Å². The van der Waals surface area contributed by atoms with E-state index in [0.717, 1.165) is 29.0 Å². The Bertz CT molecular complexity index is 1210. The lowest BCUT2D eigenvalue weighted by atomic mass is 9.97. The summed E-state index contributed by atoms with van der Waals surface area (Å²) in [5.74, 6) is -4.09. The summed E-state index contributed by atoms with van der Waals surface area (Å²) in [4.78, 5) is 25.5. The second-order valence-corrected chi connectivity index (χ2v) is 7.00. The van der Waals surface area contributed by atoms with Gasteiger partial charge in [0.15, 0.2) is 5.82 Å². The monoisotopic (exact) mass is 403 g/mol. The van der Waals surface area contributed by atoms with Gasteiger partial charge in [-0.2, -0.15) is 0 Å². The lowest BCUT2D eigenvalue weighted by molar-refractivity contribution is 0.0695. The molecule has 3 aromatic rings. The Morgan fingerprint density at radius 1 is 1.21 bits per heavy atom. The van der Waals surface area contributed by atoms with Gasteiger partial charge in [-0.25, -0.2) is 18.0 Å².